The molecular weight excluding hydrogens is 476 g/mol. The van der Waals surface area contributed by atoms with Crippen molar-refractivity contribution in [3.8, 4) is 28.3 Å². The molecule has 1 aliphatic heterocycles. The summed E-state index contributed by atoms with van der Waals surface area (Å²) < 4.78 is 31.8. The molecule has 0 radical (unpaired) electrons. The van der Waals surface area contributed by atoms with Crippen LogP contribution in [0.15, 0.2) is 49.1 Å². The summed E-state index contributed by atoms with van der Waals surface area (Å²) in [4.78, 5) is 16.4. The zero-order valence-corrected chi connectivity index (χ0v) is 19.9. The third kappa shape index (κ3) is 4.98. The molecule has 3 N–H and O–H groups in total. The largest absolute Gasteiger partial charge is 0.472 e. The topological polar surface area (TPSA) is 122 Å². The first-order chi connectivity index (χ1) is 16.4. The van der Waals surface area contributed by atoms with Crippen molar-refractivity contribution >= 4 is 38.2 Å². The number of halogens is 1. The lowest BCUT2D eigenvalue weighted by Crippen LogP contribution is -2.37. The van der Waals surface area contributed by atoms with Crippen LogP contribution in [0.3, 0.4) is 0 Å². The second-order valence-electron chi connectivity index (χ2n) is 8.23. The first kappa shape index (κ1) is 22.6. The van der Waals surface area contributed by atoms with Crippen molar-refractivity contribution in [2.75, 3.05) is 24.1 Å². The molecule has 1 atom stereocenters. The molecule has 4 heterocycles. The van der Waals surface area contributed by atoms with E-state index in [1.807, 2.05) is 24.4 Å². The Balaban J connectivity index is 1.49. The molecule has 5 rings (SSSR count). The van der Waals surface area contributed by atoms with Crippen molar-refractivity contribution in [1.29, 1.82) is 0 Å². The van der Waals surface area contributed by atoms with Crippen molar-refractivity contribution in [3.63, 3.8) is 0 Å². The van der Waals surface area contributed by atoms with E-state index in [9.17, 15) is 8.42 Å². The minimum Gasteiger partial charge on any atom is -0.472 e. The number of nitrogens with one attached hydrogen (secondary N) is 3. The highest BCUT2D eigenvalue weighted by molar-refractivity contribution is 7.92. The molecule has 11 heteroatoms. The van der Waals surface area contributed by atoms with E-state index < -0.39 is 10.0 Å². The summed E-state index contributed by atoms with van der Waals surface area (Å²) in [5.41, 5.74) is 4.30. The van der Waals surface area contributed by atoms with Gasteiger partial charge in [0, 0.05) is 41.0 Å². The Labute approximate surface area is 202 Å². The number of sulfonamides is 1. The van der Waals surface area contributed by atoms with Gasteiger partial charge >= 0.3 is 0 Å². The van der Waals surface area contributed by atoms with Gasteiger partial charge in [0.1, 0.15) is 6.10 Å². The first-order valence-electron chi connectivity index (χ1n) is 10.8. The number of aromatic nitrogens is 4. The second-order valence-corrected chi connectivity index (χ2v) is 10.3. The zero-order chi connectivity index (χ0) is 23.7. The third-order valence-corrected chi connectivity index (χ3v) is 6.47. The monoisotopic (exact) mass is 498 g/mol. The van der Waals surface area contributed by atoms with Gasteiger partial charge < -0.3 is 15.0 Å². The van der Waals surface area contributed by atoms with E-state index in [0.717, 1.165) is 59.8 Å². The minimum atomic E-state index is -3.49. The predicted molar refractivity (Wildman–Crippen MR) is 133 cm³/mol. The van der Waals surface area contributed by atoms with Crippen molar-refractivity contribution in [1.82, 2.24) is 25.3 Å². The average Bonchev–Trinajstić information content (AvgIpc) is 3.24. The first-order valence-corrected chi connectivity index (χ1v) is 13.1. The Morgan fingerprint density at radius 2 is 2.06 bits per heavy atom. The van der Waals surface area contributed by atoms with Gasteiger partial charge in [-0.25, -0.2) is 18.4 Å². The molecule has 34 heavy (non-hydrogen) atoms. The Bertz CT molecular complexity index is 1450. The van der Waals surface area contributed by atoms with Gasteiger partial charge in [-0.15, -0.1) is 0 Å². The fourth-order valence-electron chi connectivity index (χ4n) is 4.02. The predicted octanol–water partition coefficient (Wildman–Crippen LogP) is 3.84. The summed E-state index contributed by atoms with van der Waals surface area (Å²) in [5.74, 6) is 0.495. The molecule has 4 aromatic rings. The van der Waals surface area contributed by atoms with E-state index in [4.69, 9.17) is 16.3 Å². The minimum absolute atomic E-state index is 0.0813. The van der Waals surface area contributed by atoms with Gasteiger partial charge in [-0.05, 0) is 43.1 Å². The number of nitrogens with zero attached hydrogens (tertiary/aromatic N) is 3. The maximum Gasteiger partial charge on any atom is 0.233 e. The molecule has 3 aromatic heterocycles. The number of fused-ring (bicyclic) bond motifs is 1. The van der Waals surface area contributed by atoms with E-state index in [1.165, 1.54) is 0 Å². The van der Waals surface area contributed by atoms with E-state index in [1.54, 1.807) is 24.7 Å². The Morgan fingerprint density at radius 3 is 2.85 bits per heavy atom. The van der Waals surface area contributed by atoms with Crippen LogP contribution in [-0.2, 0) is 10.0 Å². The molecule has 0 spiro atoms. The van der Waals surface area contributed by atoms with E-state index in [0.29, 0.717) is 11.6 Å². The summed E-state index contributed by atoms with van der Waals surface area (Å²) in [6.45, 7) is 1.81. The van der Waals surface area contributed by atoms with Crippen molar-refractivity contribution in [2.45, 2.75) is 18.9 Å². The number of pyridine rings is 1. The van der Waals surface area contributed by atoms with Crippen LogP contribution in [0.2, 0.25) is 5.15 Å². The maximum atomic E-state index is 11.7. The number of benzene rings is 1. The number of H-pyrrole nitrogens is 1. The Kier molecular flexibility index (Phi) is 6.11. The van der Waals surface area contributed by atoms with Crippen LogP contribution in [0.5, 0.6) is 5.88 Å². The van der Waals surface area contributed by atoms with Gasteiger partial charge in [0.15, 0.2) is 5.15 Å². The molecule has 0 saturated carbocycles. The van der Waals surface area contributed by atoms with Gasteiger partial charge in [0.2, 0.25) is 15.9 Å². The smallest absolute Gasteiger partial charge is 0.233 e. The molecule has 1 saturated heterocycles. The van der Waals surface area contributed by atoms with Crippen molar-refractivity contribution in [3.05, 3.63) is 54.2 Å². The van der Waals surface area contributed by atoms with Crippen LogP contribution in [0.25, 0.3) is 33.3 Å². The van der Waals surface area contributed by atoms with Crippen LogP contribution in [-0.4, -0.2) is 53.8 Å². The van der Waals surface area contributed by atoms with Crippen LogP contribution < -0.4 is 14.8 Å². The number of anilines is 1. The molecule has 1 unspecified atom stereocenters. The lowest BCUT2D eigenvalue weighted by Gasteiger charge is -2.23. The summed E-state index contributed by atoms with van der Waals surface area (Å²) in [6.07, 6.45) is 10.0. The highest BCUT2D eigenvalue weighted by Crippen LogP contribution is 2.33. The van der Waals surface area contributed by atoms with E-state index in [-0.39, 0.29) is 16.9 Å². The van der Waals surface area contributed by atoms with E-state index in [2.05, 4.69) is 30.0 Å². The standard InChI is InChI=1S/C23H23ClN6O3S/c1-34(31,32)30-20-8-15(9-28-23(20)24)14-4-5-19-17(7-14)18(11-27-19)21-12-26-13-22(29-21)33-16-3-2-6-25-10-16/h4-5,7-9,11-13,16,25,27,30H,2-3,6,10H2,1H3. The number of hydrogen-bond acceptors (Lipinski definition) is 7. The molecule has 0 aliphatic carbocycles. The van der Waals surface area contributed by atoms with Crippen LogP contribution in [0, 0.1) is 0 Å². The Hall–Kier alpha value is -3.21. The molecule has 0 bridgehead atoms. The number of piperidine rings is 1. The normalized spacial score (nSPS) is 16.5. The molecule has 1 aromatic carbocycles. The number of ether oxygens (including phenoxy) is 1. The maximum absolute atomic E-state index is 11.7. The van der Waals surface area contributed by atoms with Gasteiger partial charge in [-0.1, -0.05) is 17.7 Å². The number of rotatable bonds is 6. The SMILES string of the molecule is CS(=O)(=O)Nc1cc(-c2ccc3[nH]cc(-c4cncc(OC5CCCNC5)n4)c3c2)cnc1Cl. The van der Waals surface area contributed by atoms with Gasteiger partial charge in [0.25, 0.3) is 0 Å². The lowest BCUT2D eigenvalue weighted by molar-refractivity contribution is 0.160. The molecule has 1 fully saturated rings. The summed E-state index contributed by atoms with van der Waals surface area (Å²) in [7, 11) is -3.49. The van der Waals surface area contributed by atoms with Gasteiger partial charge in [-0.2, -0.15) is 0 Å². The Morgan fingerprint density at radius 1 is 1.18 bits per heavy atom. The zero-order valence-electron chi connectivity index (χ0n) is 18.4. The van der Waals surface area contributed by atoms with Gasteiger partial charge in [0.05, 0.1) is 30.0 Å². The number of hydrogen-bond donors (Lipinski definition) is 3. The molecule has 176 valence electrons. The summed E-state index contributed by atoms with van der Waals surface area (Å²) in [6, 6.07) is 7.54. The lowest BCUT2D eigenvalue weighted by atomic mass is 10.0. The third-order valence-electron chi connectivity index (χ3n) is 5.58. The summed E-state index contributed by atoms with van der Waals surface area (Å²) >= 11 is 6.08. The molecular formula is C23H23ClN6O3S. The van der Waals surface area contributed by atoms with Gasteiger partial charge in [-0.3, -0.25) is 9.71 Å². The van der Waals surface area contributed by atoms with Crippen LogP contribution in [0.1, 0.15) is 12.8 Å². The molecule has 0 amide bonds. The highest BCUT2D eigenvalue weighted by Gasteiger charge is 2.17. The summed E-state index contributed by atoms with van der Waals surface area (Å²) in [5, 5.41) is 4.36. The van der Waals surface area contributed by atoms with Crippen molar-refractivity contribution < 1.29 is 13.2 Å². The van der Waals surface area contributed by atoms with Crippen molar-refractivity contribution in [2.24, 2.45) is 0 Å². The average molecular weight is 499 g/mol. The van der Waals surface area contributed by atoms with E-state index >= 15 is 0 Å². The quantitative estimate of drug-likeness (QED) is 0.345. The second kappa shape index (κ2) is 9.21. The highest BCUT2D eigenvalue weighted by atomic mass is 35.5. The van der Waals surface area contributed by atoms with Crippen LogP contribution in [0.4, 0.5) is 5.69 Å². The fourth-order valence-corrected chi connectivity index (χ4v) is 4.78. The number of aromatic amines is 1. The fraction of sp³-hybridized carbons (Fsp3) is 0.261. The molecule has 1 aliphatic rings. The van der Waals surface area contributed by atoms with Crippen LogP contribution >= 0.6 is 11.6 Å². The molecule has 9 nitrogen and oxygen atoms in total.